The predicted molar refractivity (Wildman–Crippen MR) is 89.2 cm³/mol. The van der Waals surface area contributed by atoms with E-state index in [1.165, 1.54) is 21.8 Å². The number of halogens is 2. The molecule has 1 fully saturated rings. The maximum atomic E-state index is 5.34. The van der Waals surface area contributed by atoms with E-state index in [4.69, 9.17) is 4.74 Å². The first-order valence-corrected chi connectivity index (χ1v) is 8.29. The molecule has 1 atom stereocenters. The van der Waals surface area contributed by atoms with Gasteiger partial charge < -0.3 is 9.30 Å². The number of benzene rings is 2. The van der Waals surface area contributed by atoms with E-state index in [1.54, 1.807) is 0 Å². The summed E-state index contributed by atoms with van der Waals surface area (Å²) in [4.78, 5) is 0. The van der Waals surface area contributed by atoms with Gasteiger partial charge in [-0.3, -0.25) is 0 Å². The lowest BCUT2D eigenvalue weighted by Gasteiger charge is -2.06. The Morgan fingerprint density at radius 2 is 1.55 bits per heavy atom. The number of hydrogen-bond donors (Lipinski definition) is 0. The van der Waals surface area contributed by atoms with Crippen LogP contribution < -0.4 is 0 Å². The summed E-state index contributed by atoms with van der Waals surface area (Å²) in [6.07, 6.45) is 1.55. The summed E-state index contributed by atoms with van der Waals surface area (Å²) in [5.41, 5.74) is 2.59. The molecule has 1 aliphatic rings. The van der Waals surface area contributed by atoms with Crippen LogP contribution in [0.4, 0.5) is 0 Å². The monoisotopic (exact) mass is 393 g/mol. The van der Waals surface area contributed by atoms with Crippen LogP contribution in [0.5, 0.6) is 0 Å². The van der Waals surface area contributed by atoms with Gasteiger partial charge in [0.2, 0.25) is 0 Å². The number of aromatic nitrogens is 1. The van der Waals surface area contributed by atoms with Crippen LogP contribution in [0.25, 0.3) is 21.8 Å². The minimum Gasteiger partial charge on any atom is -0.373 e. The Labute approximate surface area is 134 Å². The predicted octanol–water partition coefficient (Wildman–Crippen LogP) is 5.11. The number of epoxide rings is 1. The molecule has 2 heterocycles. The third-order valence-electron chi connectivity index (χ3n) is 3.87. The number of fused-ring (bicyclic) bond motifs is 3. The molecule has 0 amide bonds. The second-order valence-corrected chi connectivity index (χ2v) is 7.05. The average Bonchev–Trinajstić information content (AvgIpc) is 3.21. The van der Waals surface area contributed by atoms with Crippen LogP contribution in [0.15, 0.2) is 45.3 Å². The minimum absolute atomic E-state index is 0.466. The van der Waals surface area contributed by atoms with Gasteiger partial charge >= 0.3 is 0 Å². The molecule has 2 aromatic carbocycles. The van der Waals surface area contributed by atoms with Gasteiger partial charge in [-0.15, -0.1) is 0 Å². The Kier molecular flexibility index (Phi) is 3.13. The molecular weight excluding hydrogens is 382 g/mol. The SMILES string of the molecule is Brc1ccc2c(c1)c1cc(Br)ccc1n2CCC1CO1. The largest absolute Gasteiger partial charge is 0.373 e. The van der Waals surface area contributed by atoms with Crippen LogP contribution >= 0.6 is 31.9 Å². The highest BCUT2D eigenvalue weighted by atomic mass is 79.9. The van der Waals surface area contributed by atoms with Crippen LogP contribution in [-0.2, 0) is 11.3 Å². The first kappa shape index (κ1) is 12.9. The highest BCUT2D eigenvalue weighted by molar-refractivity contribution is 9.10. The van der Waals surface area contributed by atoms with Crippen LogP contribution in [-0.4, -0.2) is 17.3 Å². The fourth-order valence-corrected chi connectivity index (χ4v) is 3.52. The van der Waals surface area contributed by atoms with Crippen molar-refractivity contribution in [1.82, 2.24) is 4.57 Å². The Hall–Kier alpha value is -0.840. The highest BCUT2D eigenvalue weighted by Crippen LogP contribution is 2.33. The summed E-state index contributed by atoms with van der Waals surface area (Å²) in [6, 6.07) is 13.0. The van der Waals surface area contributed by atoms with E-state index in [9.17, 15) is 0 Å². The van der Waals surface area contributed by atoms with Crippen molar-refractivity contribution in [3.05, 3.63) is 45.3 Å². The van der Waals surface area contributed by atoms with Gasteiger partial charge in [-0.1, -0.05) is 31.9 Å². The molecule has 1 aliphatic heterocycles. The zero-order valence-corrected chi connectivity index (χ0v) is 13.9. The average molecular weight is 395 g/mol. The quantitative estimate of drug-likeness (QED) is 0.564. The van der Waals surface area contributed by atoms with Gasteiger partial charge in [0.1, 0.15) is 0 Å². The zero-order chi connectivity index (χ0) is 13.7. The van der Waals surface area contributed by atoms with E-state index in [2.05, 4.69) is 72.8 Å². The van der Waals surface area contributed by atoms with Gasteiger partial charge in [-0.25, -0.2) is 0 Å². The maximum absolute atomic E-state index is 5.34. The summed E-state index contributed by atoms with van der Waals surface area (Å²) < 4.78 is 9.99. The third kappa shape index (κ3) is 2.20. The maximum Gasteiger partial charge on any atom is 0.0826 e. The van der Waals surface area contributed by atoms with E-state index in [0.29, 0.717) is 6.10 Å². The summed E-state index contributed by atoms with van der Waals surface area (Å²) in [5.74, 6) is 0. The lowest BCUT2D eigenvalue weighted by Crippen LogP contribution is -2.00. The molecular formula is C16H13Br2NO. The number of hydrogen-bond acceptors (Lipinski definition) is 1. The number of ether oxygens (including phenoxy) is 1. The Morgan fingerprint density at radius 3 is 2.05 bits per heavy atom. The number of rotatable bonds is 3. The minimum atomic E-state index is 0.466. The molecule has 102 valence electrons. The first-order valence-electron chi connectivity index (χ1n) is 6.71. The van der Waals surface area contributed by atoms with Gasteiger partial charge in [-0.2, -0.15) is 0 Å². The molecule has 2 nitrogen and oxygen atoms in total. The smallest absolute Gasteiger partial charge is 0.0826 e. The van der Waals surface area contributed by atoms with E-state index in [1.807, 2.05) is 0 Å². The summed E-state index contributed by atoms with van der Waals surface area (Å²) in [6.45, 7) is 1.93. The van der Waals surface area contributed by atoms with Crippen molar-refractivity contribution in [1.29, 1.82) is 0 Å². The fourth-order valence-electron chi connectivity index (χ4n) is 2.80. The van der Waals surface area contributed by atoms with Crippen molar-refractivity contribution in [2.75, 3.05) is 6.61 Å². The molecule has 0 N–H and O–H groups in total. The Balaban J connectivity index is 1.96. The standard InChI is InChI=1S/C16H13Br2NO/c17-10-1-3-15-13(7-10)14-8-11(18)2-4-16(14)19(15)6-5-12-9-20-12/h1-4,7-8,12H,5-6,9H2. The molecule has 20 heavy (non-hydrogen) atoms. The second kappa shape index (κ2) is 4.86. The van der Waals surface area contributed by atoms with Crippen molar-refractivity contribution in [3.8, 4) is 0 Å². The normalized spacial score (nSPS) is 18.0. The van der Waals surface area contributed by atoms with E-state index in [0.717, 1.165) is 28.5 Å². The molecule has 4 heteroatoms. The van der Waals surface area contributed by atoms with Crippen LogP contribution in [0.1, 0.15) is 6.42 Å². The van der Waals surface area contributed by atoms with Crippen molar-refractivity contribution in [3.63, 3.8) is 0 Å². The molecule has 4 rings (SSSR count). The van der Waals surface area contributed by atoms with Gasteiger partial charge in [0, 0.05) is 37.3 Å². The number of nitrogens with zero attached hydrogens (tertiary/aromatic N) is 1. The van der Waals surface area contributed by atoms with Crippen molar-refractivity contribution in [2.45, 2.75) is 19.1 Å². The van der Waals surface area contributed by atoms with Crippen LogP contribution in [0.2, 0.25) is 0 Å². The van der Waals surface area contributed by atoms with Gasteiger partial charge in [0.25, 0.3) is 0 Å². The summed E-state index contributed by atoms with van der Waals surface area (Å²) >= 11 is 7.15. The Bertz CT molecular complexity index is 746. The van der Waals surface area contributed by atoms with Crippen molar-refractivity contribution >= 4 is 53.7 Å². The van der Waals surface area contributed by atoms with Crippen LogP contribution in [0, 0.1) is 0 Å². The topological polar surface area (TPSA) is 17.5 Å². The van der Waals surface area contributed by atoms with E-state index < -0.39 is 0 Å². The lowest BCUT2D eigenvalue weighted by atomic mass is 10.2. The van der Waals surface area contributed by atoms with Crippen molar-refractivity contribution in [2.24, 2.45) is 0 Å². The van der Waals surface area contributed by atoms with E-state index >= 15 is 0 Å². The molecule has 3 aromatic rings. The zero-order valence-electron chi connectivity index (χ0n) is 10.8. The molecule has 1 saturated heterocycles. The van der Waals surface area contributed by atoms with Crippen LogP contribution in [0.3, 0.4) is 0 Å². The highest BCUT2D eigenvalue weighted by Gasteiger charge is 2.22. The molecule has 0 aliphatic carbocycles. The second-order valence-electron chi connectivity index (χ2n) is 5.22. The molecule has 0 spiro atoms. The third-order valence-corrected chi connectivity index (χ3v) is 4.85. The Morgan fingerprint density at radius 1 is 1.00 bits per heavy atom. The molecule has 0 bridgehead atoms. The summed E-state index contributed by atoms with van der Waals surface area (Å²) in [5, 5.41) is 2.60. The van der Waals surface area contributed by atoms with Gasteiger partial charge in [-0.05, 0) is 42.8 Å². The van der Waals surface area contributed by atoms with Gasteiger partial charge in [0.05, 0.1) is 12.7 Å². The fraction of sp³-hybridized carbons (Fsp3) is 0.250. The van der Waals surface area contributed by atoms with E-state index in [-0.39, 0.29) is 0 Å². The lowest BCUT2D eigenvalue weighted by molar-refractivity contribution is 0.387. The first-order chi connectivity index (χ1) is 9.72. The number of aryl methyl sites for hydroxylation is 1. The molecule has 1 unspecified atom stereocenters. The molecule has 0 radical (unpaired) electrons. The van der Waals surface area contributed by atoms with Crippen molar-refractivity contribution < 1.29 is 4.74 Å². The molecule has 0 saturated carbocycles. The summed E-state index contributed by atoms with van der Waals surface area (Å²) in [7, 11) is 0. The molecule has 1 aromatic heterocycles. The van der Waals surface area contributed by atoms with Gasteiger partial charge in [0.15, 0.2) is 0 Å².